The number of nitrogens with one attached hydrogen (secondary N) is 1. The van der Waals surface area contributed by atoms with Crippen LogP contribution in [-0.4, -0.2) is 63.2 Å². The number of amides is 2. The first-order valence-corrected chi connectivity index (χ1v) is 11.2. The van der Waals surface area contributed by atoms with E-state index in [1.54, 1.807) is 28.8 Å². The fourth-order valence-corrected chi connectivity index (χ4v) is 4.43. The van der Waals surface area contributed by atoms with Gasteiger partial charge in [0.1, 0.15) is 0 Å². The molecule has 3 heterocycles. The second-order valence-electron chi connectivity index (χ2n) is 7.74. The molecule has 1 unspecified atom stereocenters. The third-order valence-electron chi connectivity index (χ3n) is 5.36. The van der Waals surface area contributed by atoms with Crippen LogP contribution in [0.5, 0.6) is 0 Å². The minimum atomic E-state index is -0.243. The third-order valence-corrected chi connectivity index (χ3v) is 6.12. The lowest BCUT2D eigenvalue weighted by atomic mass is 10.1. The summed E-state index contributed by atoms with van der Waals surface area (Å²) in [4.78, 5) is 46.3. The molecule has 1 aromatic carbocycles. The quantitative estimate of drug-likeness (QED) is 0.631. The Morgan fingerprint density at radius 2 is 1.90 bits per heavy atom. The van der Waals surface area contributed by atoms with Crippen LogP contribution in [-0.2, 0) is 11.3 Å². The van der Waals surface area contributed by atoms with Crippen molar-refractivity contribution in [3.8, 4) is 0 Å². The maximum atomic E-state index is 12.7. The summed E-state index contributed by atoms with van der Waals surface area (Å²) in [5.74, 6) is -0.131. The Morgan fingerprint density at radius 3 is 2.65 bits per heavy atom. The Hall–Kier alpha value is -3.04. The zero-order valence-corrected chi connectivity index (χ0v) is 18.2. The molecule has 1 aliphatic heterocycles. The van der Waals surface area contributed by atoms with Crippen LogP contribution in [0.3, 0.4) is 0 Å². The van der Waals surface area contributed by atoms with Gasteiger partial charge in [0.05, 0.1) is 5.69 Å². The summed E-state index contributed by atoms with van der Waals surface area (Å²) >= 11 is 1.44. The summed E-state index contributed by atoms with van der Waals surface area (Å²) < 4.78 is 1.54. The number of carbonyl (C=O) groups excluding carboxylic acids is 2. The van der Waals surface area contributed by atoms with Crippen molar-refractivity contribution in [2.75, 3.05) is 26.2 Å². The van der Waals surface area contributed by atoms with Gasteiger partial charge < -0.3 is 10.2 Å². The third kappa shape index (κ3) is 5.18. The van der Waals surface area contributed by atoms with E-state index in [9.17, 15) is 14.4 Å². The molecule has 1 fully saturated rings. The van der Waals surface area contributed by atoms with E-state index < -0.39 is 0 Å². The average Bonchev–Trinajstić information content (AvgIpc) is 3.24. The van der Waals surface area contributed by atoms with Gasteiger partial charge in [-0.25, -0.2) is 4.98 Å². The van der Waals surface area contributed by atoms with Gasteiger partial charge >= 0.3 is 0 Å². The molecule has 0 bridgehead atoms. The van der Waals surface area contributed by atoms with Crippen LogP contribution >= 0.6 is 11.3 Å². The van der Waals surface area contributed by atoms with E-state index in [2.05, 4.69) is 15.2 Å². The van der Waals surface area contributed by atoms with Gasteiger partial charge in [-0.15, -0.1) is 11.3 Å². The van der Waals surface area contributed by atoms with E-state index >= 15 is 0 Å². The van der Waals surface area contributed by atoms with Gasteiger partial charge in [0, 0.05) is 68.4 Å². The number of hydrogen-bond donors (Lipinski definition) is 1. The normalized spacial score (nSPS) is 15.7. The van der Waals surface area contributed by atoms with Crippen molar-refractivity contribution in [3.63, 3.8) is 0 Å². The van der Waals surface area contributed by atoms with Crippen molar-refractivity contribution >= 4 is 28.1 Å². The lowest BCUT2D eigenvalue weighted by molar-refractivity contribution is -0.133. The Kier molecular flexibility index (Phi) is 6.43. The number of piperazine rings is 1. The summed E-state index contributed by atoms with van der Waals surface area (Å²) in [6.45, 7) is 5.13. The van der Waals surface area contributed by atoms with Gasteiger partial charge in [-0.3, -0.25) is 23.7 Å². The highest BCUT2D eigenvalue weighted by Gasteiger charge is 2.23. The van der Waals surface area contributed by atoms with Gasteiger partial charge in [-0.05, 0) is 19.1 Å². The minimum absolute atomic E-state index is 0.0388. The van der Waals surface area contributed by atoms with E-state index in [0.29, 0.717) is 30.2 Å². The molecule has 0 saturated carbocycles. The summed E-state index contributed by atoms with van der Waals surface area (Å²) in [5.41, 5.74) is 1.27. The second-order valence-corrected chi connectivity index (χ2v) is 8.62. The lowest BCUT2D eigenvalue weighted by Gasteiger charge is -2.35. The maximum Gasteiger partial charge on any atom is 0.258 e. The number of hydrogen-bond acceptors (Lipinski definition) is 6. The van der Waals surface area contributed by atoms with Gasteiger partial charge in [-0.2, -0.15) is 0 Å². The molecule has 0 aliphatic carbocycles. The number of aromatic nitrogens is 2. The Labute approximate surface area is 184 Å². The zero-order valence-electron chi connectivity index (χ0n) is 17.4. The molecular formula is C22H25N5O3S. The summed E-state index contributed by atoms with van der Waals surface area (Å²) in [6.07, 6.45) is 2.00. The van der Waals surface area contributed by atoms with Crippen molar-refractivity contribution < 1.29 is 9.59 Å². The summed E-state index contributed by atoms with van der Waals surface area (Å²) in [7, 11) is 0. The smallest absolute Gasteiger partial charge is 0.258 e. The van der Waals surface area contributed by atoms with Gasteiger partial charge in [0.15, 0.2) is 4.96 Å². The molecule has 1 aliphatic rings. The van der Waals surface area contributed by atoms with Crippen LogP contribution in [0, 0.1) is 0 Å². The molecule has 9 heteroatoms. The number of benzene rings is 1. The molecule has 3 aromatic rings. The Balaban J connectivity index is 1.25. The number of rotatable bonds is 6. The second kappa shape index (κ2) is 9.40. The van der Waals surface area contributed by atoms with Crippen LogP contribution in [0.4, 0.5) is 0 Å². The molecular weight excluding hydrogens is 414 g/mol. The number of thiazole rings is 1. The molecule has 0 spiro atoms. The Morgan fingerprint density at radius 1 is 1.16 bits per heavy atom. The van der Waals surface area contributed by atoms with Crippen LogP contribution in [0.1, 0.15) is 29.4 Å². The van der Waals surface area contributed by atoms with Crippen LogP contribution < -0.4 is 10.9 Å². The maximum absolute atomic E-state index is 12.7. The molecule has 4 rings (SSSR count). The fraction of sp³-hybridized carbons (Fsp3) is 0.364. The van der Waals surface area contributed by atoms with Crippen molar-refractivity contribution in [2.45, 2.75) is 25.9 Å². The molecule has 2 amide bonds. The van der Waals surface area contributed by atoms with Crippen molar-refractivity contribution in [2.24, 2.45) is 0 Å². The molecule has 8 nitrogen and oxygen atoms in total. The number of nitrogens with zero attached hydrogens (tertiary/aromatic N) is 4. The molecule has 1 N–H and O–H groups in total. The molecule has 1 saturated heterocycles. The number of carbonyl (C=O) groups is 2. The standard InChI is InChI=1S/C22H25N5O3S/c1-16(23-21(30)17-5-3-2-4-6-17)13-19(28)26-9-7-25(8-10-26)15-18-14-20(29)27-11-12-31-22(27)24-18/h2-6,11-12,14,16H,7-10,13,15H2,1H3,(H,23,30). The van der Waals surface area contributed by atoms with E-state index in [-0.39, 0.29) is 29.8 Å². The number of fused-ring (bicyclic) bond motifs is 1. The fourth-order valence-electron chi connectivity index (χ4n) is 3.69. The molecule has 31 heavy (non-hydrogen) atoms. The van der Waals surface area contributed by atoms with E-state index in [0.717, 1.165) is 18.8 Å². The van der Waals surface area contributed by atoms with Gasteiger partial charge in [0.2, 0.25) is 5.91 Å². The van der Waals surface area contributed by atoms with Crippen LogP contribution in [0.15, 0.2) is 52.8 Å². The van der Waals surface area contributed by atoms with E-state index in [4.69, 9.17) is 0 Å². The Bertz CT molecular complexity index is 1120. The molecule has 1 atom stereocenters. The van der Waals surface area contributed by atoms with Crippen molar-refractivity contribution in [3.05, 3.63) is 69.6 Å². The minimum Gasteiger partial charge on any atom is -0.349 e. The van der Waals surface area contributed by atoms with Crippen LogP contribution in [0.2, 0.25) is 0 Å². The predicted molar refractivity (Wildman–Crippen MR) is 119 cm³/mol. The average molecular weight is 440 g/mol. The highest BCUT2D eigenvalue weighted by molar-refractivity contribution is 7.15. The highest BCUT2D eigenvalue weighted by Crippen LogP contribution is 2.11. The van der Waals surface area contributed by atoms with Gasteiger partial charge in [-0.1, -0.05) is 18.2 Å². The van der Waals surface area contributed by atoms with E-state index in [1.165, 1.54) is 11.3 Å². The first kappa shape index (κ1) is 21.2. The van der Waals surface area contributed by atoms with Crippen LogP contribution in [0.25, 0.3) is 4.96 Å². The largest absolute Gasteiger partial charge is 0.349 e. The predicted octanol–water partition coefficient (Wildman–Crippen LogP) is 1.61. The van der Waals surface area contributed by atoms with Crippen molar-refractivity contribution in [1.29, 1.82) is 0 Å². The van der Waals surface area contributed by atoms with E-state index in [1.807, 2.05) is 35.4 Å². The molecule has 162 valence electrons. The SMILES string of the molecule is CC(CC(=O)N1CCN(Cc2cc(=O)n3ccsc3n2)CC1)NC(=O)c1ccccc1. The summed E-state index contributed by atoms with van der Waals surface area (Å²) in [6, 6.07) is 10.3. The zero-order chi connectivity index (χ0) is 21.8. The molecule has 2 aromatic heterocycles. The van der Waals surface area contributed by atoms with Gasteiger partial charge in [0.25, 0.3) is 11.5 Å². The monoisotopic (exact) mass is 439 g/mol. The highest BCUT2D eigenvalue weighted by atomic mass is 32.1. The first-order chi connectivity index (χ1) is 15.0. The topological polar surface area (TPSA) is 87.0 Å². The summed E-state index contributed by atoms with van der Waals surface area (Å²) in [5, 5.41) is 4.74. The first-order valence-electron chi connectivity index (χ1n) is 10.3. The lowest BCUT2D eigenvalue weighted by Crippen LogP contribution is -2.49. The van der Waals surface area contributed by atoms with Crippen molar-refractivity contribution in [1.82, 2.24) is 24.5 Å². The molecule has 0 radical (unpaired) electrons.